The summed E-state index contributed by atoms with van der Waals surface area (Å²) < 4.78 is 31.9. The number of hydrogen-bond acceptors (Lipinski definition) is 2. The molecule has 1 saturated carbocycles. The van der Waals surface area contributed by atoms with Crippen LogP contribution in [0.4, 0.5) is 8.78 Å². The third-order valence-electron chi connectivity index (χ3n) is 3.16. The Morgan fingerprint density at radius 3 is 2.56 bits per heavy atom. The molecule has 0 bridgehead atoms. The molecule has 0 saturated heterocycles. The van der Waals surface area contributed by atoms with E-state index in [0.717, 1.165) is 10.0 Å². The Balaban J connectivity index is 2.36. The topological polar surface area (TPSA) is 33.0 Å². The van der Waals surface area contributed by atoms with Crippen LogP contribution in [0.5, 0.6) is 0 Å². The maximum atomic E-state index is 13.1. The highest BCUT2D eigenvalue weighted by atomic mass is 79.9. The molecule has 0 spiro atoms. The van der Waals surface area contributed by atoms with Crippen molar-refractivity contribution in [2.45, 2.75) is 30.8 Å². The number of ether oxygens (including phenoxy) is 1. The van der Waals surface area contributed by atoms with Crippen molar-refractivity contribution in [3.63, 3.8) is 0 Å². The van der Waals surface area contributed by atoms with Crippen molar-refractivity contribution >= 4 is 15.9 Å². The SMILES string of the molecule is COCc1cc(Br)cc(C2(C#N)CC(F)(F)C2)c1. The summed E-state index contributed by atoms with van der Waals surface area (Å²) in [5.41, 5.74) is 0.444. The summed E-state index contributed by atoms with van der Waals surface area (Å²) in [7, 11) is 1.57. The van der Waals surface area contributed by atoms with Gasteiger partial charge in [0.05, 0.1) is 18.1 Å². The third-order valence-corrected chi connectivity index (χ3v) is 3.61. The standard InChI is InChI=1S/C13H12BrF2NO/c1-18-5-9-2-10(4-11(14)3-9)12(8-17)6-13(15,16)7-12/h2-4H,5-7H2,1H3. The molecule has 0 amide bonds. The minimum Gasteiger partial charge on any atom is -0.380 e. The molecule has 2 nitrogen and oxygen atoms in total. The molecule has 1 aliphatic rings. The molecule has 0 heterocycles. The summed E-state index contributed by atoms with van der Waals surface area (Å²) in [5.74, 6) is -2.72. The summed E-state index contributed by atoms with van der Waals surface area (Å²) in [6, 6.07) is 7.40. The van der Waals surface area contributed by atoms with E-state index >= 15 is 0 Å². The molecule has 18 heavy (non-hydrogen) atoms. The van der Waals surface area contributed by atoms with Crippen LogP contribution in [0, 0.1) is 11.3 Å². The average Bonchev–Trinajstić information content (AvgIpc) is 2.24. The van der Waals surface area contributed by atoms with Crippen molar-refractivity contribution < 1.29 is 13.5 Å². The van der Waals surface area contributed by atoms with Gasteiger partial charge in [0.1, 0.15) is 0 Å². The molecule has 0 aromatic heterocycles. The number of hydrogen-bond donors (Lipinski definition) is 0. The van der Waals surface area contributed by atoms with E-state index in [0.29, 0.717) is 12.2 Å². The van der Waals surface area contributed by atoms with E-state index in [1.54, 1.807) is 19.2 Å². The monoisotopic (exact) mass is 315 g/mol. The number of nitrogens with zero attached hydrogens (tertiary/aromatic N) is 1. The largest absolute Gasteiger partial charge is 0.380 e. The van der Waals surface area contributed by atoms with Crippen molar-refractivity contribution in [2.24, 2.45) is 0 Å². The average molecular weight is 316 g/mol. The minimum atomic E-state index is -2.72. The summed E-state index contributed by atoms with van der Waals surface area (Å²) in [5, 5.41) is 9.20. The number of methoxy groups -OCH3 is 1. The smallest absolute Gasteiger partial charge is 0.251 e. The Hall–Kier alpha value is -0.990. The van der Waals surface area contributed by atoms with Gasteiger partial charge in [0.2, 0.25) is 0 Å². The van der Waals surface area contributed by atoms with Gasteiger partial charge in [-0.1, -0.05) is 22.0 Å². The van der Waals surface area contributed by atoms with Crippen LogP contribution in [-0.2, 0) is 16.8 Å². The van der Waals surface area contributed by atoms with Crippen molar-refractivity contribution in [1.29, 1.82) is 5.26 Å². The zero-order valence-corrected chi connectivity index (χ0v) is 11.4. The lowest BCUT2D eigenvalue weighted by Gasteiger charge is -2.42. The second-order valence-electron chi connectivity index (χ2n) is 4.68. The summed E-state index contributed by atoms with van der Waals surface area (Å²) >= 11 is 3.33. The van der Waals surface area contributed by atoms with Gasteiger partial charge >= 0.3 is 0 Å². The highest BCUT2D eigenvalue weighted by molar-refractivity contribution is 9.10. The van der Waals surface area contributed by atoms with Crippen LogP contribution in [0.25, 0.3) is 0 Å². The highest BCUT2D eigenvalue weighted by Gasteiger charge is 2.58. The first-order valence-corrected chi connectivity index (χ1v) is 6.28. The van der Waals surface area contributed by atoms with Crippen molar-refractivity contribution in [3.8, 4) is 6.07 Å². The first kappa shape index (κ1) is 13.4. The van der Waals surface area contributed by atoms with Gasteiger partial charge in [-0.05, 0) is 23.3 Å². The van der Waals surface area contributed by atoms with E-state index < -0.39 is 24.2 Å². The van der Waals surface area contributed by atoms with Gasteiger partial charge < -0.3 is 4.74 Å². The molecule has 5 heteroatoms. The van der Waals surface area contributed by atoms with Crippen LogP contribution >= 0.6 is 15.9 Å². The molecule has 1 aromatic carbocycles. The number of alkyl halides is 2. The third kappa shape index (κ3) is 2.40. The second kappa shape index (κ2) is 4.60. The van der Waals surface area contributed by atoms with E-state index in [1.165, 1.54) is 0 Å². The molecule has 0 atom stereocenters. The number of nitriles is 1. The minimum absolute atomic E-state index is 0.393. The molecular formula is C13H12BrF2NO. The predicted octanol–water partition coefficient (Wildman–Crippen LogP) is 3.79. The molecule has 96 valence electrons. The fourth-order valence-electron chi connectivity index (χ4n) is 2.36. The Morgan fingerprint density at radius 2 is 2.06 bits per heavy atom. The van der Waals surface area contributed by atoms with Gasteiger partial charge in [-0.3, -0.25) is 0 Å². The predicted molar refractivity (Wildman–Crippen MR) is 66.3 cm³/mol. The summed E-state index contributed by atoms with van der Waals surface area (Å²) in [6.45, 7) is 0.393. The van der Waals surface area contributed by atoms with E-state index in [2.05, 4.69) is 15.9 Å². The van der Waals surface area contributed by atoms with Crippen molar-refractivity contribution in [3.05, 3.63) is 33.8 Å². The Bertz CT molecular complexity index is 502. The number of halogens is 3. The molecule has 1 fully saturated rings. The lowest BCUT2D eigenvalue weighted by atomic mass is 9.63. The first-order chi connectivity index (χ1) is 8.41. The van der Waals surface area contributed by atoms with Crippen molar-refractivity contribution in [2.75, 3.05) is 7.11 Å². The van der Waals surface area contributed by atoms with Gasteiger partial charge in [0, 0.05) is 24.4 Å². The quantitative estimate of drug-likeness (QED) is 0.850. The molecule has 2 rings (SSSR count). The fourth-order valence-corrected chi connectivity index (χ4v) is 2.90. The van der Waals surface area contributed by atoms with Gasteiger partial charge in [0.15, 0.2) is 0 Å². The van der Waals surface area contributed by atoms with E-state index in [-0.39, 0.29) is 0 Å². The van der Waals surface area contributed by atoms with Crippen LogP contribution in [0.1, 0.15) is 24.0 Å². The molecule has 0 radical (unpaired) electrons. The van der Waals surface area contributed by atoms with E-state index in [4.69, 9.17) is 4.74 Å². The van der Waals surface area contributed by atoms with Crippen molar-refractivity contribution in [1.82, 2.24) is 0 Å². The lowest BCUT2D eigenvalue weighted by Crippen LogP contribution is -2.48. The molecule has 0 N–H and O–H groups in total. The maximum absolute atomic E-state index is 13.1. The Labute approximate surface area is 113 Å². The lowest BCUT2D eigenvalue weighted by molar-refractivity contribution is -0.109. The van der Waals surface area contributed by atoms with Crippen LogP contribution in [0.3, 0.4) is 0 Å². The molecule has 0 aliphatic heterocycles. The maximum Gasteiger partial charge on any atom is 0.251 e. The van der Waals surface area contributed by atoms with Gasteiger partial charge in [-0.15, -0.1) is 0 Å². The molecule has 0 unspecified atom stereocenters. The zero-order valence-electron chi connectivity index (χ0n) is 9.84. The second-order valence-corrected chi connectivity index (χ2v) is 5.60. The number of benzene rings is 1. The van der Waals surface area contributed by atoms with Crippen LogP contribution in [0.2, 0.25) is 0 Å². The van der Waals surface area contributed by atoms with Gasteiger partial charge in [0.25, 0.3) is 5.92 Å². The molecule has 1 aromatic rings. The number of rotatable bonds is 3. The van der Waals surface area contributed by atoms with E-state index in [9.17, 15) is 14.0 Å². The van der Waals surface area contributed by atoms with Gasteiger partial charge in [-0.25, -0.2) is 8.78 Å². The Kier molecular flexibility index (Phi) is 3.43. The summed E-state index contributed by atoms with van der Waals surface area (Å²) in [4.78, 5) is 0. The fraction of sp³-hybridized carbons (Fsp3) is 0.462. The van der Waals surface area contributed by atoms with E-state index in [1.807, 2.05) is 12.1 Å². The molecular weight excluding hydrogens is 304 g/mol. The zero-order chi connectivity index (χ0) is 13.4. The Morgan fingerprint density at radius 1 is 1.39 bits per heavy atom. The van der Waals surface area contributed by atoms with Crippen LogP contribution in [0.15, 0.2) is 22.7 Å². The first-order valence-electron chi connectivity index (χ1n) is 5.49. The van der Waals surface area contributed by atoms with Crippen LogP contribution in [-0.4, -0.2) is 13.0 Å². The van der Waals surface area contributed by atoms with Gasteiger partial charge in [-0.2, -0.15) is 5.26 Å². The molecule has 1 aliphatic carbocycles. The van der Waals surface area contributed by atoms with Crippen LogP contribution < -0.4 is 0 Å². The summed E-state index contributed by atoms with van der Waals surface area (Å²) in [6.07, 6.45) is -0.807. The highest BCUT2D eigenvalue weighted by Crippen LogP contribution is 2.53. The normalized spacial score (nSPS) is 19.9.